The van der Waals surface area contributed by atoms with Crippen LogP contribution < -0.4 is 0 Å². The molecule has 0 aliphatic heterocycles. The van der Waals surface area contributed by atoms with E-state index in [9.17, 15) is 8.78 Å². The molecule has 0 bridgehead atoms. The van der Waals surface area contributed by atoms with Crippen LogP contribution in [-0.2, 0) is 6.54 Å². The Morgan fingerprint density at radius 1 is 1.25 bits per heavy atom. The highest BCUT2D eigenvalue weighted by atomic mass is 19.3. The number of nitrogens with zero attached hydrogens (tertiary/aromatic N) is 4. The van der Waals surface area contributed by atoms with Crippen molar-refractivity contribution in [3.05, 3.63) is 30.7 Å². The number of halogens is 2. The van der Waals surface area contributed by atoms with Crippen LogP contribution in [0.4, 0.5) is 8.78 Å². The van der Waals surface area contributed by atoms with E-state index < -0.39 is 11.8 Å². The van der Waals surface area contributed by atoms with E-state index in [1.54, 1.807) is 18.6 Å². The minimum absolute atomic E-state index is 0.0103. The molecule has 20 heavy (non-hydrogen) atoms. The maximum atomic E-state index is 13.8. The Bertz CT molecular complexity index is 568. The normalized spacial score (nSPS) is 21.8. The second-order valence-corrected chi connectivity index (χ2v) is 5.27. The van der Waals surface area contributed by atoms with Crippen LogP contribution >= 0.6 is 0 Å². The summed E-state index contributed by atoms with van der Waals surface area (Å²) < 4.78 is 29.2. The summed E-state index contributed by atoms with van der Waals surface area (Å²) >= 11 is 0. The number of rotatable bonds is 3. The maximum absolute atomic E-state index is 13.8. The van der Waals surface area contributed by atoms with Crippen LogP contribution in [0.2, 0.25) is 0 Å². The lowest BCUT2D eigenvalue weighted by molar-refractivity contribution is -0.0920. The van der Waals surface area contributed by atoms with Gasteiger partial charge in [0, 0.05) is 30.3 Å². The fraction of sp³-hybridized carbons (Fsp3) is 0.500. The van der Waals surface area contributed by atoms with Gasteiger partial charge in [-0.2, -0.15) is 0 Å². The minimum atomic E-state index is -2.58. The van der Waals surface area contributed by atoms with Gasteiger partial charge in [0.1, 0.15) is 5.69 Å². The molecule has 1 unspecified atom stereocenters. The Labute approximate surface area is 115 Å². The van der Waals surface area contributed by atoms with Gasteiger partial charge in [0.05, 0.1) is 12.7 Å². The molecule has 1 aliphatic rings. The Hall–Kier alpha value is -1.85. The van der Waals surface area contributed by atoms with Gasteiger partial charge in [0.25, 0.3) is 5.92 Å². The van der Waals surface area contributed by atoms with Crippen molar-refractivity contribution in [2.75, 3.05) is 0 Å². The van der Waals surface area contributed by atoms with Gasteiger partial charge >= 0.3 is 0 Å². The van der Waals surface area contributed by atoms with Gasteiger partial charge in [-0.1, -0.05) is 11.6 Å². The van der Waals surface area contributed by atoms with Gasteiger partial charge in [-0.05, 0) is 25.0 Å². The van der Waals surface area contributed by atoms with Crippen LogP contribution in [0, 0.1) is 5.92 Å². The molecule has 106 valence electrons. The van der Waals surface area contributed by atoms with E-state index in [-0.39, 0.29) is 13.0 Å². The van der Waals surface area contributed by atoms with Crippen LogP contribution in [0.5, 0.6) is 0 Å². The van der Waals surface area contributed by atoms with Crippen molar-refractivity contribution in [1.82, 2.24) is 20.0 Å². The topological polar surface area (TPSA) is 43.6 Å². The van der Waals surface area contributed by atoms with E-state index in [1.165, 1.54) is 4.68 Å². The fourth-order valence-electron chi connectivity index (χ4n) is 2.66. The largest absolute Gasteiger partial charge is 0.265 e. The Morgan fingerprint density at radius 3 is 2.80 bits per heavy atom. The van der Waals surface area contributed by atoms with E-state index in [0.717, 1.165) is 12.0 Å². The Morgan fingerprint density at radius 2 is 2.05 bits per heavy atom. The molecule has 4 nitrogen and oxygen atoms in total. The molecule has 1 atom stereocenters. The molecule has 2 heterocycles. The smallest absolute Gasteiger partial charge is 0.252 e. The average molecular weight is 278 g/mol. The fourth-order valence-corrected chi connectivity index (χ4v) is 2.66. The monoisotopic (exact) mass is 278 g/mol. The highest BCUT2D eigenvalue weighted by molar-refractivity contribution is 5.56. The molecule has 0 saturated heterocycles. The van der Waals surface area contributed by atoms with Crippen LogP contribution in [0.15, 0.2) is 30.7 Å². The van der Waals surface area contributed by atoms with E-state index in [2.05, 4.69) is 15.3 Å². The summed E-state index contributed by atoms with van der Waals surface area (Å²) in [6, 6.07) is 3.65. The Kier molecular flexibility index (Phi) is 3.46. The Balaban J connectivity index is 1.74. The molecule has 0 radical (unpaired) electrons. The number of pyridine rings is 1. The van der Waals surface area contributed by atoms with Gasteiger partial charge < -0.3 is 0 Å². The molecule has 1 aliphatic carbocycles. The van der Waals surface area contributed by atoms with Crippen molar-refractivity contribution in [3.63, 3.8) is 0 Å². The lowest BCUT2D eigenvalue weighted by atomic mass is 9.85. The van der Waals surface area contributed by atoms with E-state index in [0.29, 0.717) is 18.5 Å². The summed E-state index contributed by atoms with van der Waals surface area (Å²) in [6.07, 6.45) is 7.09. The molecule has 6 heteroatoms. The second-order valence-electron chi connectivity index (χ2n) is 5.27. The standard InChI is InChI=1S/C14H16F2N4/c15-14(16)6-2-1-3-12(14)9-20-10-13(18-19-20)11-4-7-17-8-5-11/h4-5,7-8,10,12H,1-3,6,9H2. The zero-order valence-electron chi connectivity index (χ0n) is 11.0. The first kappa shape index (κ1) is 13.1. The van der Waals surface area contributed by atoms with Crippen LogP contribution in [0.25, 0.3) is 11.3 Å². The quantitative estimate of drug-likeness (QED) is 0.866. The maximum Gasteiger partial charge on any atom is 0.252 e. The van der Waals surface area contributed by atoms with Crippen molar-refractivity contribution in [1.29, 1.82) is 0 Å². The molecule has 0 amide bonds. The van der Waals surface area contributed by atoms with Gasteiger partial charge in [0.2, 0.25) is 0 Å². The molecule has 0 N–H and O–H groups in total. The highest BCUT2D eigenvalue weighted by Crippen LogP contribution is 2.39. The third kappa shape index (κ3) is 2.69. The molecular weight excluding hydrogens is 262 g/mol. The molecule has 1 saturated carbocycles. The molecule has 1 fully saturated rings. The predicted octanol–water partition coefficient (Wildman–Crippen LogP) is 3.17. The van der Waals surface area contributed by atoms with Crippen molar-refractivity contribution in [2.24, 2.45) is 5.92 Å². The van der Waals surface area contributed by atoms with Crippen molar-refractivity contribution in [2.45, 2.75) is 38.2 Å². The zero-order valence-corrected chi connectivity index (χ0v) is 11.0. The second kappa shape index (κ2) is 5.26. The van der Waals surface area contributed by atoms with Gasteiger partial charge in [-0.3, -0.25) is 9.67 Å². The SMILES string of the molecule is FC1(F)CCCCC1Cn1cc(-c2ccncc2)nn1. The lowest BCUT2D eigenvalue weighted by Crippen LogP contribution is -2.34. The first-order chi connectivity index (χ1) is 9.65. The van der Waals surface area contributed by atoms with Crippen molar-refractivity contribution in [3.8, 4) is 11.3 Å². The molecule has 2 aromatic rings. The first-order valence-corrected chi connectivity index (χ1v) is 6.83. The molecule has 0 aromatic carbocycles. The lowest BCUT2D eigenvalue weighted by Gasteiger charge is -2.30. The van der Waals surface area contributed by atoms with Gasteiger partial charge in [0.15, 0.2) is 0 Å². The van der Waals surface area contributed by atoms with E-state index in [4.69, 9.17) is 0 Å². The van der Waals surface area contributed by atoms with Gasteiger partial charge in [-0.25, -0.2) is 8.78 Å². The third-order valence-electron chi connectivity index (χ3n) is 3.83. The van der Waals surface area contributed by atoms with Crippen molar-refractivity contribution >= 4 is 0 Å². The predicted molar refractivity (Wildman–Crippen MR) is 70.2 cm³/mol. The highest BCUT2D eigenvalue weighted by Gasteiger charge is 2.41. The molecule has 0 spiro atoms. The van der Waals surface area contributed by atoms with Crippen LogP contribution in [0.3, 0.4) is 0 Å². The summed E-state index contributed by atoms with van der Waals surface area (Å²) in [4.78, 5) is 3.94. The summed E-state index contributed by atoms with van der Waals surface area (Å²) in [6.45, 7) is 0.227. The van der Waals surface area contributed by atoms with Crippen molar-refractivity contribution < 1.29 is 8.78 Å². The summed E-state index contributed by atoms with van der Waals surface area (Å²) in [5.41, 5.74) is 1.58. The summed E-state index contributed by atoms with van der Waals surface area (Å²) in [5.74, 6) is -3.22. The van der Waals surface area contributed by atoms with E-state index in [1.807, 2.05) is 12.1 Å². The third-order valence-corrected chi connectivity index (χ3v) is 3.83. The molecule has 3 rings (SSSR count). The molecule has 2 aromatic heterocycles. The minimum Gasteiger partial charge on any atom is -0.265 e. The molecular formula is C14H16F2N4. The van der Waals surface area contributed by atoms with E-state index >= 15 is 0 Å². The number of hydrogen-bond acceptors (Lipinski definition) is 3. The first-order valence-electron chi connectivity index (χ1n) is 6.83. The zero-order chi connectivity index (χ0) is 14.0. The summed E-state index contributed by atoms with van der Waals surface area (Å²) in [5, 5.41) is 8.01. The number of hydrogen-bond donors (Lipinski definition) is 0. The number of aromatic nitrogens is 4. The van der Waals surface area contributed by atoms with Crippen LogP contribution in [-0.4, -0.2) is 25.9 Å². The van der Waals surface area contributed by atoms with Gasteiger partial charge in [-0.15, -0.1) is 5.10 Å². The van der Waals surface area contributed by atoms with Crippen LogP contribution in [0.1, 0.15) is 25.7 Å². The summed E-state index contributed by atoms with van der Waals surface area (Å²) in [7, 11) is 0. The number of alkyl halides is 2. The average Bonchev–Trinajstić information content (AvgIpc) is 2.91.